The molecule has 1 rings (SSSR count). The molecule has 3 N–H and O–H groups in total. The van der Waals surface area contributed by atoms with Gasteiger partial charge in [-0.3, -0.25) is 0 Å². The molecular weight excluding hydrogens is 298 g/mol. The summed E-state index contributed by atoms with van der Waals surface area (Å²) in [5.41, 5.74) is 7.44. The van der Waals surface area contributed by atoms with Gasteiger partial charge in [-0.25, -0.2) is 0 Å². The van der Waals surface area contributed by atoms with Gasteiger partial charge in [0.15, 0.2) is 0 Å². The highest BCUT2D eigenvalue weighted by molar-refractivity contribution is 9.10. The Morgan fingerprint density at radius 3 is 2.82 bits per heavy atom. The molecule has 0 aromatic heterocycles. The van der Waals surface area contributed by atoms with Crippen molar-refractivity contribution in [1.82, 2.24) is 0 Å². The lowest BCUT2D eigenvalue weighted by Crippen LogP contribution is -2.26. The molecule has 2 unspecified atom stereocenters. The van der Waals surface area contributed by atoms with E-state index in [0.717, 1.165) is 23.1 Å². The third-order valence-corrected chi connectivity index (χ3v) is 4.64. The predicted octanol–water partition coefficient (Wildman–Crippen LogP) is 3.34. The van der Waals surface area contributed by atoms with Crippen LogP contribution in [0.2, 0.25) is 0 Å². The van der Waals surface area contributed by atoms with Gasteiger partial charge in [0.2, 0.25) is 0 Å². The van der Waals surface area contributed by atoms with E-state index in [1.165, 1.54) is 5.56 Å². The molecule has 0 saturated carbocycles. The van der Waals surface area contributed by atoms with Crippen molar-refractivity contribution in [1.29, 1.82) is 0 Å². The molecule has 0 aliphatic heterocycles. The van der Waals surface area contributed by atoms with Gasteiger partial charge in [-0.1, -0.05) is 35.0 Å². The van der Waals surface area contributed by atoms with Crippen molar-refractivity contribution in [3.63, 3.8) is 0 Å². The molecule has 0 amide bonds. The van der Waals surface area contributed by atoms with Crippen LogP contribution < -0.4 is 5.73 Å². The van der Waals surface area contributed by atoms with E-state index in [9.17, 15) is 0 Å². The van der Waals surface area contributed by atoms with Crippen LogP contribution in [0.3, 0.4) is 0 Å². The lowest BCUT2D eigenvalue weighted by molar-refractivity contribution is 0.296. The Hall–Kier alpha value is -0.0300. The van der Waals surface area contributed by atoms with Crippen molar-refractivity contribution >= 4 is 27.7 Å². The van der Waals surface area contributed by atoms with Gasteiger partial charge in [-0.2, -0.15) is 11.8 Å². The standard InChI is InChI=1S/C13H20BrNOS/c1-2-12(15)13(17-8-4-7-16)10-5-3-6-11(14)9-10/h3,5-6,9,12-13,16H,2,4,7-8,15H2,1H3. The summed E-state index contributed by atoms with van der Waals surface area (Å²) >= 11 is 5.33. The van der Waals surface area contributed by atoms with Crippen LogP contribution in [-0.2, 0) is 0 Å². The third-order valence-electron chi connectivity index (χ3n) is 2.64. The summed E-state index contributed by atoms with van der Waals surface area (Å²) in [6.45, 7) is 2.36. The summed E-state index contributed by atoms with van der Waals surface area (Å²) in [6.07, 6.45) is 1.79. The number of nitrogens with two attached hydrogens (primary N) is 1. The third kappa shape index (κ3) is 5.00. The zero-order valence-electron chi connectivity index (χ0n) is 10.1. The van der Waals surface area contributed by atoms with Gasteiger partial charge >= 0.3 is 0 Å². The highest BCUT2D eigenvalue weighted by atomic mass is 79.9. The molecule has 0 fully saturated rings. The molecule has 96 valence electrons. The summed E-state index contributed by atoms with van der Waals surface area (Å²) in [7, 11) is 0. The highest BCUT2D eigenvalue weighted by Crippen LogP contribution is 2.34. The molecule has 0 saturated heterocycles. The lowest BCUT2D eigenvalue weighted by atomic mass is 10.0. The second kappa shape index (κ2) is 8.14. The molecule has 0 heterocycles. The average molecular weight is 318 g/mol. The second-order valence-corrected chi connectivity index (χ2v) is 6.16. The van der Waals surface area contributed by atoms with Crippen LogP contribution >= 0.6 is 27.7 Å². The van der Waals surface area contributed by atoms with E-state index in [2.05, 4.69) is 35.0 Å². The Morgan fingerprint density at radius 1 is 1.47 bits per heavy atom. The largest absolute Gasteiger partial charge is 0.396 e. The fourth-order valence-electron chi connectivity index (χ4n) is 1.64. The van der Waals surface area contributed by atoms with E-state index in [1.807, 2.05) is 23.9 Å². The molecule has 0 aliphatic carbocycles. The van der Waals surface area contributed by atoms with E-state index >= 15 is 0 Å². The number of aliphatic hydroxyl groups is 1. The number of aliphatic hydroxyl groups excluding tert-OH is 1. The molecule has 17 heavy (non-hydrogen) atoms. The molecule has 2 nitrogen and oxygen atoms in total. The van der Waals surface area contributed by atoms with Gasteiger partial charge in [0, 0.05) is 22.4 Å². The van der Waals surface area contributed by atoms with Crippen LogP contribution in [0.15, 0.2) is 28.7 Å². The summed E-state index contributed by atoms with van der Waals surface area (Å²) < 4.78 is 1.09. The maximum absolute atomic E-state index is 8.84. The normalized spacial score (nSPS) is 14.6. The van der Waals surface area contributed by atoms with Gasteiger partial charge < -0.3 is 10.8 Å². The maximum Gasteiger partial charge on any atom is 0.0448 e. The first-order chi connectivity index (χ1) is 8.19. The van der Waals surface area contributed by atoms with Crippen LogP contribution in [0.1, 0.15) is 30.6 Å². The first-order valence-electron chi connectivity index (χ1n) is 5.92. The Labute approximate surface area is 116 Å². The topological polar surface area (TPSA) is 46.2 Å². The average Bonchev–Trinajstić information content (AvgIpc) is 2.34. The fraction of sp³-hybridized carbons (Fsp3) is 0.538. The van der Waals surface area contributed by atoms with Gasteiger partial charge in [0.1, 0.15) is 0 Å². The Kier molecular flexibility index (Phi) is 7.19. The van der Waals surface area contributed by atoms with Gasteiger partial charge in [0.25, 0.3) is 0 Å². The minimum absolute atomic E-state index is 0.160. The molecule has 1 aromatic rings. The summed E-state index contributed by atoms with van der Waals surface area (Å²) in [5.74, 6) is 0.946. The smallest absolute Gasteiger partial charge is 0.0448 e. The first-order valence-corrected chi connectivity index (χ1v) is 7.76. The Balaban J connectivity index is 2.74. The van der Waals surface area contributed by atoms with Crippen molar-refractivity contribution in [2.24, 2.45) is 5.73 Å². The van der Waals surface area contributed by atoms with E-state index in [-0.39, 0.29) is 12.6 Å². The summed E-state index contributed by atoms with van der Waals surface area (Å²) in [6, 6.07) is 8.48. The van der Waals surface area contributed by atoms with Crippen LogP contribution in [0.25, 0.3) is 0 Å². The second-order valence-electron chi connectivity index (χ2n) is 4.00. The zero-order valence-corrected chi connectivity index (χ0v) is 12.5. The molecule has 1 aromatic carbocycles. The van der Waals surface area contributed by atoms with Crippen LogP contribution in [0, 0.1) is 0 Å². The van der Waals surface area contributed by atoms with Crippen molar-refractivity contribution in [3.8, 4) is 0 Å². The Morgan fingerprint density at radius 2 is 2.24 bits per heavy atom. The molecule has 2 atom stereocenters. The maximum atomic E-state index is 8.84. The monoisotopic (exact) mass is 317 g/mol. The van der Waals surface area contributed by atoms with Gasteiger partial charge in [-0.15, -0.1) is 0 Å². The minimum Gasteiger partial charge on any atom is -0.396 e. The van der Waals surface area contributed by atoms with E-state index in [4.69, 9.17) is 10.8 Å². The van der Waals surface area contributed by atoms with E-state index < -0.39 is 0 Å². The van der Waals surface area contributed by atoms with Gasteiger partial charge in [0.05, 0.1) is 0 Å². The first kappa shape index (κ1) is 15.0. The molecule has 0 spiro atoms. The lowest BCUT2D eigenvalue weighted by Gasteiger charge is -2.23. The number of thioether (sulfide) groups is 1. The molecular formula is C13H20BrNOS. The molecule has 0 bridgehead atoms. The van der Waals surface area contributed by atoms with Crippen molar-refractivity contribution in [2.45, 2.75) is 31.1 Å². The van der Waals surface area contributed by atoms with Crippen molar-refractivity contribution in [3.05, 3.63) is 34.3 Å². The van der Waals surface area contributed by atoms with Crippen LogP contribution in [-0.4, -0.2) is 23.5 Å². The highest BCUT2D eigenvalue weighted by Gasteiger charge is 2.18. The van der Waals surface area contributed by atoms with E-state index in [0.29, 0.717) is 5.25 Å². The molecule has 4 heteroatoms. The van der Waals surface area contributed by atoms with Crippen LogP contribution in [0.4, 0.5) is 0 Å². The number of hydrogen-bond acceptors (Lipinski definition) is 3. The van der Waals surface area contributed by atoms with Gasteiger partial charge in [-0.05, 0) is 36.3 Å². The number of benzene rings is 1. The van der Waals surface area contributed by atoms with Crippen molar-refractivity contribution < 1.29 is 5.11 Å². The summed E-state index contributed by atoms with van der Waals surface area (Å²) in [5, 5.41) is 9.15. The van der Waals surface area contributed by atoms with Crippen molar-refractivity contribution in [2.75, 3.05) is 12.4 Å². The fourth-order valence-corrected chi connectivity index (χ4v) is 3.38. The minimum atomic E-state index is 0.160. The Bertz CT molecular complexity index is 335. The molecule has 0 radical (unpaired) electrons. The number of rotatable bonds is 7. The zero-order chi connectivity index (χ0) is 12.7. The SMILES string of the molecule is CCC(N)C(SCCCO)c1cccc(Br)c1. The molecule has 0 aliphatic rings. The number of hydrogen-bond donors (Lipinski definition) is 2. The summed E-state index contributed by atoms with van der Waals surface area (Å²) in [4.78, 5) is 0. The van der Waals surface area contributed by atoms with E-state index in [1.54, 1.807) is 0 Å². The van der Waals surface area contributed by atoms with Crippen LogP contribution in [0.5, 0.6) is 0 Å². The number of halogens is 1. The predicted molar refractivity (Wildman–Crippen MR) is 79.3 cm³/mol. The quantitative estimate of drug-likeness (QED) is 0.758.